The summed E-state index contributed by atoms with van der Waals surface area (Å²) in [5, 5.41) is 4.83. The van der Waals surface area contributed by atoms with E-state index in [2.05, 4.69) is 5.10 Å². The summed E-state index contributed by atoms with van der Waals surface area (Å²) in [4.78, 5) is 27.5. The van der Waals surface area contributed by atoms with Crippen molar-refractivity contribution in [3.8, 4) is 0 Å². The van der Waals surface area contributed by atoms with E-state index in [9.17, 15) is 14.0 Å². The Morgan fingerprint density at radius 3 is 2.43 bits per heavy atom. The average Bonchev–Trinajstić information content (AvgIpc) is 3.37. The van der Waals surface area contributed by atoms with E-state index in [1.54, 1.807) is 17.7 Å². The van der Waals surface area contributed by atoms with Gasteiger partial charge in [0.1, 0.15) is 5.82 Å². The summed E-state index contributed by atoms with van der Waals surface area (Å²) in [5.74, 6) is -1.53. The molecule has 2 amide bonds. The van der Waals surface area contributed by atoms with Gasteiger partial charge in [0.25, 0.3) is 0 Å². The maximum atomic E-state index is 13.3. The van der Waals surface area contributed by atoms with Crippen LogP contribution in [0.3, 0.4) is 0 Å². The first-order valence-corrected chi connectivity index (χ1v) is 9.76. The van der Waals surface area contributed by atoms with Crippen molar-refractivity contribution in [2.75, 3.05) is 4.90 Å². The van der Waals surface area contributed by atoms with Crippen LogP contribution in [0.25, 0.3) is 0 Å². The largest absolute Gasteiger partial charge is 0.373 e. The highest BCUT2D eigenvalue weighted by Crippen LogP contribution is 2.50. The third-order valence-electron chi connectivity index (χ3n) is 6.19. The SMILES string of the molecule is Cc1nn(Cc2ccc(F)cc2Cl)c(C)c1N1C(=O)C2C3CCC(O3)C2C1=O. The number of aromatic nitrogens is 2. The molecule has 6 nitrogen and oxygen atoms in total. The summed E-state index contributed by atoms with van der Waals surface area (Å²) >= 11 is 6.14. The smallest absolute Gasteiger partial charge is 0.240 e. The minimum absolute atomic E-state index is 0.148. The van der Waals surface area contributed by atoms with E-state index >= 15 is 0 Å². The number of aryl methyl sites for hydroxylation is 1. The summed E-state index contributed by atoms with van der Waals surface area (Å²) in [6.45, 7) is 3.93. The first-order chi connectivity index (χ1) is 13.4. The molecule has 28 heavy (non-hydrogen) atoms. The van der Waals surface area contributed by atoms with Gasteiger partial charge in [0.15, 0.2) is 0 Å². The summed E-state index contributed by atoms with van der Waals surface area (Å²) < 4.78 is 20.8. The number of hydrogen-bond donors (Lipinski definition) is 0. The van der Waals surface area contributed by atoms with Crippen molar-refractivity contribution < 1.29 is 18.7 Å². The summed E-state index contributed by atoms with van der Waals surface area (Å²) in [6, 6.07) is 4.21. The molecule has 0 spiro atoms. The van der Waals surface area contributed by atoms with Crippen molar-refractivity contribution in [2.24, 2.45) is 11.8 Å². The number of benzene rings is 1. The molecule has 1 aromatic heterocycles. The minimum Gasteiger partial charge on any atom is -0.373 e. The van der Waals surface area contributed by atoms with E-state index < -0.39 is 5.82 Å². The number of imide groups is 1. The zero-order valence-corrected chi connectivity index (χ0v) is 16.2. The van der Waals surface area contributed by atoms with E-state index in [1.165, 1.54) is 17.0 Å². The zero-order chi connectivity index (χ0) is 19.7. The molecule has 3 aliphatic rings. The number of amides is 2. The lowest BCUT2D eigenvalue weighted by atomic mass is 9.81. The van der Waals surface area contributed by atoms with Crippen LogP contribution in [0.4, 0.5) is 10.1 Å². The second kappa shape index (κ2) is 6.12. The normalized spacial score (nSPS) is 28.5. The van der Waals surface area contributed by atoms with Crippen LogP contribution in [0.1, 0.15) is 29.8 Å². The van der Waals surface area contributed by atoms with Crippen LogP contribution < -0.4 is 4.90 Å². The Morgan fingerprint density at radius 2 is 1.82 bits per heavy atom. The molecular weight excluding hydrogens is 385 g/mol. The average molecular weight is 404 g/mol. The molecule has 5 rings (SSSR count). The van der Waals surface area contributed by atoms with Crippen molar-refractivity contribution in [3.05, 3.63) is 46.0 Å². The summed E-state index contributed by atoms with van der Waals surface area (Å²) in [7, 11) is 0. The lowest BCUT2D eigenvalue weighted by Gasteiger charge is -2.18. The third kappa shape index (κ3) is 2.39. The number of rotatable bonds is 3. The van der Waals surface area contributed by atoms with Gasteiger partial charge in [-0.2, -0.15) is 5.10 Å². The molecule has 4 heterocycles. The van der Waals surface area contributed by atoms with Gasteiger partial charge in [0.05, 0.1) is 47.7 Å². The predicted molar refractivity (Wildman–Crippen MR) is 99.6 cm³/mol. The fourth-order valence-electron chi connectivity index (χ4n) is 4.91. The topological polar surface area (TPSA) is 64.4 Å². The lowest BCUT2D eigenvalue weighted by molar-refractivity contribution is -0.124. The molecule has 3 aliphatic heterocycles. The van der Waals surface area contributed by atoms with Gasteiger partial charge in [-0.05, 0) is 44.4 Å². The number of hydrogen-bond acceptors (Lipinski definition) is 4. The first-order valence-electron chi connectivity index (χ1n) is 9.38. The molecule has 0 aliphatic carbocycles. The molecule has 2 aromatic rings. The molecule has 3 saturated heterocycles. The highest BCUT2D eigenvalue weighted by molar-refractivity contribution is 6.31. The van der Waals surface area contributed by atoms with Crippen LogP contribution in [0, 0.1) is 31.5 Å². The van der Waals surface area contributed by atoms with Crippen LogP contribution >= 0.6 is 11.6 Å². The molecular formula is C20H19ClFN3O3. The van der Waals surface area contributed by atoms with E-state index in [0.717, 1.165) is 12.8 Å². The maximum absolute atomic E-state index is 13.3. The monoisotopic (exact) mass is 403 g/mol. The second-order valence-electron chi connectivity index (χ2n) is 7.77. The van der Waals surface area contributed by atoms with Gasteiger partial charge in [0.2, 0.25) is 11.8 Å². The number of fused-ring (bicyclic) bond motifs is 5. The molecule has 1 aromatic carbocycles. The number of anilines is 1. The number of nitrogens with zero attached hydrogens (tertiary/aromatic N) is 3. The Kier molecular flexibility index (Phi) is 3.90. The van der Waals surface area contributed by atoms with E-state index in [0.29, 0.717) is 34.2 Å². The summed E-state index contributed by atoms with van der Waals surface area (Å²) in [5.41, 5.74) is 2.56. The van der Waals surface area contributed by atoms with E-state index in [-0.39, 0.29) is 35.9 Å². The fourth-order valence-corrected chi connectivity index (χ4v) is 5.14. The molecule has 8 heteroatoms. The van der Waals surface area contributed by atoms with Crippen molar-refractivity contribution in [3.63, 3.8) is 0 Å². The predicted octanol–water partition coefficient (Wildman–Crippen LogP) is 3.01. The van der Waals surface area contributed by atoms with Crippen LogP contribution in [-0.2, 0) is 20.9 Å². The van der Waals surface area contributed by atoms with Gasteiger partial charge in [0, 0.05) is 5.02 Å². The molecule has 0 saturated carbocycles. The highest BCUT2D eigenvalue weighted by atomic mass is 35.5. The number of carbonyl (C=O) groups is 2. The molecule has 146 valence electrons. The number of carbonyl (C=O) groups excluding carboxylic acids is 2. The molecule has 0 N–H and O–H groups in total. The van der Waals surface area contributed by atoms with E-state index in [4.69, 9.17) is 16.3 Å². The molecule has 0 radical (unpaired) electrons. The van der Waals surface area contributed by atoms with Crippen LogP contribution in [0.5, 0.6) is 0 Å². The van der Waals surface area contributed by atoms with Gasteiger partial charge in [-0.3, -0.25) is 14.3 Å². The minimum atomic E-state index is -0.403. The Bertz CT molecular complexity index is 992. The highest BCUT2D eigenvalue weighted by Gasteiger charge is 2.63. The molecule has 4 atom stereocenters. The van der Waals surface area contributed by atoms with Crippen LogP contribution in [0.15, 0.2) is 18.2 Å². The standard InChI is InChI=1S/C20H19ClFN3O3/c1-9-18(10(2)24(23-9)8-11-3-4-12(22)7-13(11)21)25-19(26)16-14-5-6-15(28-14)17(16)20(25)27/h3-4,7,14-17H,5-6,8H2,1-2H3. The maximum Gasteiger partial charge on any atom is 0.240 e. The van der Waals surface area contributed by atoms with Crippen molar-refractivity contribution >= 4 is 29.1 Å². The van der Waals surface area contributed by atoms with Gasteiger partial charge < -0.3 is 4.74 Å². The molecule has 4 unspecified atom stereocenters. The Labute approximate surface area is 166 Å². The molecule has 3 fully saturated rings. The van der Waals surface area contributed by atoms with Crippen molar-refractivity contribution in [1.29, 1.82) is 0 Å². The molecule has 2 bridgehead atoms. The van der Waals surface area contributed by atoms with E-state index in [1.807, 2.05) is 6.92 Å². The van der Waals surface area contributed by atoms with Crippen LogP contribution in [-0.4, -0.2) is 33.8 Å². The lowest BCUT2D eigenvalue weighted by Crippen LogP contribution is -2.35. The van der Waals surface area contributed by atoms with Crippen LogP contribution in [0.2, 0.25) is 5.02 Å². The Balaban J connectivity index is 1.50. The number of halogens is 2. The number of ether oxygens (including phenoxy) is 1. The zero-order valence-electron chi connectivity index (χ0n) is 15.5. The Morgan fingerprint density at radius 1 is 1.18 bits per heavy atom. The third-order valence-corrected chi connectivity index (χ3v) is 6.54. The van der Waals surface area contributed by atoms with Crippen molar-refractivity contribution in [1.82, 2.24) is 9.78 Å². The van der Waals surface area contributed by atoms with Gasteiger partial charge >= 0.3 is 0 Å². The van der Waals surface area contributed by atoms with Gasteiger partial charge in [-0.25, -0.2) is 9.29 Å². The quantitative estimate of drug-likeness (QED) is 0.739. The fraction of sp³-hybridized carbons (Fsp3) is 0.450. The second-order valence-corrected chi connectivity index (χ2v) is 8.17. The van der Waals surface area contributed by atoms with Crippen molar-refractivity contribution in [2.45, 2.75) is 45.4 Å². The van der Waals surface area contributed by atoms with Gasteiger partial charge in [-0.1, -0.05) is 17.7 Å². The van der Waals surface area contributed by atoms with Gasteiger partial charge in [-0.15, -0.1) is 0 Å². The summed E-state index contributed by atoms with van der Waals surface area (Å²) in [6.07, 6.45) is 1.37. The Hall–Kier alpha value is -2.25. The first kappa shape index (κ1) is 17.8.